The Bertz CT molecular complexity index is 2900. The molecule has 5 aromatic rings. The third-order valence-corrected chi connectivity index (χ3v) is 9.73. The van der Waals surface area contributed by atoms with Crippen LogP contribution in [0, 0.1) is 0 Å². The average molecular weight is 852 g/mol. The van der Waals surface area contributed by atoms with E-state index in [-0.39, 0.29) is 21.9 Å². The highest BCUT2D eigenvalue weighted by Crippen LogP contribution is 2.37. The number of halogens is 2. The summed E-state index contributed by atoms with van der Waals surface area (Å²) in [5.41, 5.74) is -1.12. The Hall–Kier alpha value is -5.86. The van der Waals surface area contributed by atoms with Gasteiger partial charge in [0.2, 0.25) is 22.4 Å². The highest BCUT2D eigenvalue weighted by atomic mass is 35.5. The fourth-order valence-electron chi connectivity index (χ4n) is 4.24. The molecule has 1 aromatic heterocycles. The number of amidine groups is 1. The van der Waals surface area contributed by atoms with Crippen molar-refractivity contribution in [1.82, 2.24) is 15.0 Å². The van der Waals surface area contributed by atoms with E-state index in [4.69, 9.17) is 23.2 Å². The number of benzene rings is 4. The van der Waals surface area contributed by atoms with Gasteiger partial charge in [-0.3, -0.25) is 19.5 Å². The third-order valence-electron chi connectivity index (χ3n) is 6.72. The number of carboxylic acids is 1. The van der Waals surface area contributed by atoms with E-state index in [9.17, 15) is 53.9 Å². The van der Waals surface area contributed by atoms with Crippen LogP contribution in [0.2, 0.25) is 10.3 Å². The fraction of sp³-hybridized carbons (Fsp3) is 0. The van der Waals surface area contributed by atoms with Crippen LogP contribution < -0.4 is 26.9 Å². The van der Waals surface area contributed by atoms with Gasteiger partial charge in [0.05, 0.1) is 48.4 Å². The van der Waals surface area contributed by atoms with Gasteiger partial charge in [-0.1, -0.05) is 47.7 Å². The average Bonchev–Trinajstić information content (AvgIpc) is 3.09. The van der Waals surface area contributed by atoms with Crippen LogP contribution in [0.25, 0.3) is 0 Å². The topological polar surface area (TPSA) is 347 Å². The lowest BCUT2D eigenvalue weighted by molar-refractivity contribution is -0.266. The van der Waals surface area contributed by atoms with E-state index in [1.54, 1.807) is 6.07 Å². The van der Waals surface area contributed by atoms with Crippen LogP contribution in [-0.2, 0) is 30.4 Å². The van der Waals surface area contributed by atoms with Gasteiger partial charge >= 0.3 is 0 Å². The highest BCUT2D eigenvalue weighted by molar-refractivity contribution is 7.86. The molecule has 0 aliphatic carbocycles. The van der Waals surface area contributed by atoms with Gasteiger partial charge < -0.3 is 24.5 Å². The van der Waals surface area contributed by atoms with Crippen LogP contribution in [0.1, 0.15) is 15.9 Å². The number of nitrogens with zero attached hydrogens (tertiary/aromatic N) is 6. The van der Waals surface area contributed by atoms with Crippen molar-refractivity contribution in [2.45, 2.75) is 14.7 Å². The quantitative estimate of drug-likeness (QED) is 0.0441. The van der Waals surface area contributed by atoms with Crippen LogP contribution in [0.5, 0.6) is 5.75 Å². The summed E-state index contributed by atoms with van der Waals surface area (Å²) in [5.74, 6) is -3.27. The van der Waals surface area contributed by atoms with Gasteiger partial charge in [0.1, 0.15) is 10.1 Å². The minimum absolute atomic E-state index is 0.0837. The minimum atomic E-state index is -5.04. The molecule has 0 atom stereocenters. The third kappa shape index (κ3) is 10.2. The Morgan fingerprint density at radius 2 is 1.42 bits per heavy atom. The molecule has 286 valence electrons. The molecule has 0 aliphatic heterocycles. The SMILES string of the molecule is O=C([O-])c1ccc(S(=O)(=O)[O-])cc1N/N=C(\N=Nc1cc(S(=O)(=O)O)cc(N=c2[nH]c(Cl)nc(=Nc3cc(S(=O)(=O)O)ccc3Cl)[nH]2)c1[O-])c1ccccc1. The smallest absolute Gasteiger partial charge is 0.294 e. The number of azo groups is 1. The van der Waals surface area contributed by atoms with Crippen LogP contribution in [0.3, 0.4) is 0 Å². The number of anilines is 1. The maximum absolute atomic E-state index is 13.5. The van der Waals surface area contributed by atoms with Crippen molar-refractivity contribution in [3.05, 3.63) is 112 Å². The number of hydrogen-bond acceptors (Lipinski definition) is 16. The predicted octanol–water partition coefficient (Wildman–Crippen LogP) is 1.90. The lowest BCUT2D eigenvalue weighted by Gasteiger charge is -2.15. The predicted molar refractivity (Wildman–Crippen MR) is 185 cm³/mol. The van der Waals surface area contributed by atoms with Crippen LogP contribution in [-0.4, -0.2) is 65.7 Å². The van der Waals surface area contributed by atoms with E-state index < -0.39 is 96.1 Å². The van der Waals surface area contributed by atoms with E-state index in [2.05, 4.69) is 45.7 Å². The van der Waals surface area contributed by atoms with Gasteiger partial charge in [-0.2, -0.15) is 26.9 Å². The molecule has 21 nitrogen and oxygen atoms in total. The largest absolute Gasteiger partial charge is 0.870 e. The summed E-state index contributed by atoms with van der Waals surface area (Å²) in [6, 6.07) is 14.1. The molecule has 55 heavy (non-hydrogen) atoms. The van der Waals surface area contributed by atoms with Crippen molar-refractivity contribution >= 4 is 88.1 Å². The summed E-state index contributed by atoms with van der Waals surface area (Å²) in [4.78, 5) is 26.2. The number of H-pyrrole nitrogens is 2. The second kappa shape index (κ2) is 15.9. The molecule has 0 amide bonds. The molecule has 0 spiro atoms. The summed E-state index contributed by atoms with van der Waals surface area (Å²) < 4.78 is 101. The van der Waals surface area contributed by atoms with Gasteiger partial charge in [-0.25, -0.2) is 18.4 Å². The lowest BCUT2D eigenvalue weighted by Crippen LogP contribution is -2.26. The number of carbonyl (C=O) groups is 1. The number of hydrazone groups is 1. The maximum Gasteiger partial charge on any atom is 0.294 e. The van der Waals surface area contributed by atoms with E-state index >= 15 is 0 Å². The Balaban J connectivity index is 1.64. The first-order valence-corrected chi connectivity index (χ1v) is 19.4. The first-order valence-electron chi connectivity index (χ1n) is 14.4. The molecular weight excluding hydrogens is 833 g/mol. The Morgan fingerprint density at radius 1 is 0.782 bits per heavy atom. The minimum Gasteiger partial charge on any atom is -0.870 e. The normalized spacial score (nSPS) is 13.4. The van der Waals surface area contributed by atoms with E-state index in [1.807, 2.05) is 0 Å². The van der Waals surface area contributed by atoms with Gasteiger partial charge in [0, 0.05) is 11.1 Å². The van der Waals surface area contributed by atoms with Crippen LogP contribution in [0.4, 0.5) is 22.7 Å². The zero-order chi connectivity index (χ0) is 40.3. The number of aromatic carboxylic acids is 1. The molecule has 0 radical (unpaired) electrons. The molecule has 26 heteroatoms. The first-order chi connectivity index (χ1) is 25.7. The number of carbonyl (C=O) groups excluding carboxylic acids is 1. The zero-order valence-electron chi connectivity index (χ0n) is 26.6. The molecule has 0 saturated carbocycles. The van der Waals surface area contributed by atoms with Crippen molar-refractivity contribution in [2.24, 2.45) is 25.3 Å². The number of rotatable bonds is 10. The van der Waals surface area contributed by atoms with Crippen molar-refractivity contribution in [1.29, 1.82) is 0 Å². The van der Waals surface area contributed by atoms with E-state index in [1.165, 1.54) is 24.3 Å². The second-order valence-electron chi connectivity index (χ2n) is 10.5. The summed E-state index contributed by atoms with van der Waals surface area (Å²) >= 11 is 12.2. The summed E-state index contributed by atoms with van der Waals surface area (Å²) in [5, 5.41) is 36.3. The Morgan fingerprint density at radius 3 is 2.05 bits per heavy atom. The van der Waals surface area contributed by atoms with Gasteiger partial charge in [0.15, 0.2) is 0 Å². The van der Waals surface area contributed by atoms with Crippen molar-refractivity contribution < 1.29 is 53.9 Å². The molecule has 5 rings (SSSR count). The molecule has 0 bridgehead atoms. The summed E-state index contributed by atoms with van der Waals surface area (Å²) in [7, 11) is -14.7. The first kappa shape index (κ1) is 40.3. The van der Waals surface area contributed by atoms with Crippen molar-refractivity contribution in [3.8, 4) is 5.75 Å². The monoisotopic (exact) mass is 850 g/mol. The Labute approximate surface area is 318 Å². The van der Waals surface area contributed by atoms with Gasteiger partial charge in [-0.05, 0) is 60.1 Å². The highest BCUT2D eigenvalue weighted by Gasteiger charge is 2.16. The number of nitrogens with one attached hydrogen (secondary N) is 3. The molecule has 0 aliphatic rings. The molecule has 4 aromatic carbocycles. The van der Waals surface area contributed by atoms with Crippen molar-refractivity contribution in [2.75, 3.05) is 5.43 Å². The number of carboxylic acid groups (broad SMARTS) is 1. The van der Waals surface area contributed by atoms with Crippen LogP contribution >= 0.6 is 23.2 Å². The zero-order valence-corrected chi connectivity index (χ0v) is 30.6. The molecule has 0 saturated heterocycles. The second-order valence-corrected chi connectivity index (χ2v) is 15.5. The standard InChI is InChI=1S/C29H21Cl2N9O12S3/c30-19-9-7-16(54(47,48)49)11-21(19)32-28-34-27(31)35-29(36-28)33-22-12-17(55(50,51)52)13-23(24(22)41)38-40-25(14-4-2-1-3-5-14)39-37-20-10-15(53(44,45)46)6-8-18(20)26(42)43/h1-13,37,41H,(H,42,43)(H,44,45,46)(H,47,48,49)(H,50,51,52)(H2,32,33,34,35,36)/p-3/b39-25-,40-38?. The maximum atomic E-state index is 13.5. The van der Waals surface area contributed by atoms with E-state index in [0.29, 0.717) is 18.2 Å². The molecular formula is C29H18Cl2N9O12S3-3. The van der Waals surface area contributed by atoms with Crippen molar-refractivity contribution in [3.63, 3.8) is 0 Å². The molecule has 0 unspecified atom stereocenters. The summed E-state index contributed by atoms with van der Waals surface area (Å²) in [6.07, 6.45) is 0. The van der Waals surface area contributed by atoms with Gasteiger partial charge in [0.25, 0.3) is 20.2 Å². The molecule has 5 N–H and O–H groups in total. The lowest BCUT2D eigenvalue weighted by atomic mass is 10.2. The Kier molecular flexibility index (Phi) is 11.6. The number of hydrogen-bond donors (Lipinski definition) is 5. The number of aromatic amines is 2. The molecule has 1 heterocycles. The number of aromatic nitrogens is 3. The van der Waals surface area contributed by atoms with Crippen LogP contribution in [0.15, 0.2) is 119 Å². The molecule has 0 fully saturated rings. The van der Waals surface area contributed by atoms with Gasteiger partial charge in [-0.15, -0.1) is 10.2 Å². The van der Waals surface area contributed by atoms with E-state index in [0.717, 1.165) is 30.3 Å². The summed E-state index contributed by atoms with van der Waals surface area (Å²) in [6.45, 7) is 0. The fourth-order valence-corrected chi connectivity index (χ4v) is 6.09.